The highest BCUT2D eigenvalue weighted by Gasteiger charge is 2.19. The zero-order valence-electron chi connectivity index (χ0n) is 12.2. The number of halogens is 2. The molecule has 0 amide bonds. The number of benzene rings is 2. The van der Waals surface area contributed by atoms with Gasteiger partial charge in [-0.1, -0.05) is 34.1 Å². The SMILES string of the molecule is N#CC(=Cc1ccc(C#N)cc1F)S(=O)(=O)Cc1ccc(Br)cc1. The van der Waals surface area contributed by atoms with Gasteiger partial charge < -0.3 is 0 Å². The molecule has 0 unspecified atom stereocenters. The third-order valence-corrected chi connectivity index (χ3v) is 5.25. The molecule has 0 radical (unpaired) electrons. The van der Waals surface area contributed by atoms with E-state index in [1.54, 1.807) is 36.4 Å². The van der Waals surface area contributed by atoms with Crippen LogP contribution in [0.25, 0.3) is 6.08 Å². The zero-order valence-corrected chi connectivity index (χ0v) is 14.6. The van der Waals surface area contributed by atoms with Crippen molar-refractivity contribution in [3.05, 3.63) is 74.4 Å². The van der Waals surface area contributed by atoms with Crippen molar-refractivity contribution in [1.29, 1.82) is 10.5 Å². The smallest absolute Gasteiger partial charge is 0.192 e. The highest BCUT2D eigenvalue weighted by molar-refractivity contribution is 9.10. The number of nitriles is 2. The van der Waals surface area contributed by atoms with Gasteiger partial charge in [-0.15, -0.1) is 0 Å². The minimum Gasteiger partial charge on any atom is -0.223 e. The van der Waals surface area contributed by atoms with Crippen LogP contribution in [-0.2, 0) is 15.6 Å². The summed E-state index contributed by atoms with van der Waals surface area (Å²) in [5.74, 6) is -1.13. The number of allylic oxidation sites excluding steroid dienone is 1. The average Bonchev–Trinajstić information content (AvgIpc) is 2.55. The summed E-state index contributed by atoms with van der Waals surface area (Å²) in [4.78, 5) is -0.533. The van der Waals surface area contributed by atoms with Gasteiger partial charge in [-0.3, -0.25) is 0 Å². The lowest BCUT2D eigenvalue weighted by Crippen LogP contribution is -2.06. The first kappa shape index (κ1) is 17.9. The summed E-state index contributed by atoms with van der Waals surface area (Å²) in [5, 5.41) is 17.9. The van der Waals surface area contributed by atoms with Gasteiger partial charge in [0.25, 0.3) is 0 Å². The molecule has 0 heterocycles. The molecule has 0 bridgehead atoms. The van der Waals surface area contributed by atoms with E-state index in [1.807, 2.05) is 0 Å². The topological polar surface area (TPSA) is 81.7 Å². The van der Waals surface area contributed by atoms with Gasteiger partial charge in [0, 0.05) is 10.0 Å². The fraction of sp³-hybridized carbons (Fsp3) is 0.0588. The van der Waals surface area contributed by atoms with Crippen molar-refractivity contribution < 1.29 is 12.8 Å². The largest absolute Gasteiger partial charge is 0.223 e. The monoisotopic (exact) mass is 404 g/mol. The Labute approximate surface area is 147 Å². The van der Waals surface area contributed by atoms with Crippen molar-refractivity contribution in [2.45, 2.75) is 5.75 Å². The van der Waals surface area contributed by atoms with Gasteiger partial charge in [0.1, 0.15) is 16.8 Å². The van der Waals surface area contributed by atoms with Crippen LogP contribution in [0.5, 0.6) is 0 Å². The minimum absolute atomic E-state index is 0.0649. The molecular formula is C17H10BrFN2O2S. The molecular weight excluding hydrogens is 395 g/mol. The lowest BCUT2D eigenvalue weighted by Gasteiger charge is -2.04. The van der Waals surface area contributed by atoms with Crippen molar-refractivity contribution in [2.24, 2.45) is 0 Å². The van der Waals surface area contributed by atoms with E-state index in [0.717, 1.165) is 16.6 Å². The van der Waals surface area contributed by atoms with E-state index in [2.05, 4.69) is 15.9 Å². The van der Waals surface area contributed by atoms with Crippen LogP contribution in [0.1, 0.15) is 16.7 Å². The van der Waals surface area contributed by atoms with Crippen LogP contribution in [0.3, 0.4) is 0 Å². The van der Waals surface area contributed by atoms with Crippen molar-refractivity contribution in [2.75, 3.05) is 0 Å². The second-order valence-corrected chi connectivity index (χ2v) is 7.73. The predicted molar refractivity (Wildman–Crippen MR) is 91.5 cm³/mol. The second-order valence-electron chi connectivity index (χ2n) is 4.85. The molecule has 0 atom stereocenters. The summed E-state index contributed by atoms with van der Waals surface area (Å²) in [6, 6.07) is 13.6. The maximum Gasteiger partial charge on any atom is 0.192 e. The molecule has 0 aliphatic rings. The average molecular weight is 405 g/mol. The van der Waals surface area contributed by atoms with Gasteiger partial charge in [0.2, 0.25) is 0 Å². The number of rotatable bonds is 4. The number of hydrogen-bond acceptors (Lipinski definition) is 4. The number of sulfone groups is 1. The maximum atomic E-state index is 13.9. The Morgan fingerprint density at radius 1 is 1.17 bits per heavy atom. The normalized spacial score (nSPS) is 11.6. The van der Waals surface area contributed by atoms with E-state index in [-0.39, 0.29) is 16.9 Å². The van der Waals surface area contributed by atoms with Crippen LogP contribution in [0, 0.1) is 28.5 Å². The first-order chi connectivity index (χ1) is 11.4. The zero-order chi connectivity index (χ0) is 17.7. The van der Waals surface area contributed by atoms with Gasteiger partial charge in [-0.2, -0.15) is 10.5 Å². The minimum atomic E-state index is -3.92. The van der Waals surface area contributed by atoms with E-state index < -0.39 is 20.6 Å². The first-order valence-electron chi connectivity index (χ1n) is 6.64. The molecule has 0 aliphatic carbocycles. The molecule has 2 aromatic rings. The maximum absolute atomic E-state index is 13.9. The van der Waals surface area contributed by atoms with Crippen molar-refractivity contribution in [1.82, 2.24) is 0 Å². The molecule has 0 aromatic heterocycles. The number of hydrogen-bond donors (Lipinski definition) is 0. The number of nitrogens with zero attached hydrogens (tertiary/aromatic N) is 2. The van der Waals surface area contributed by atoms with Crippen LogP contribution in [-0.4, -0.2) is 8.42 Å². The molecule has 0 saturated heterocycles. The Kier molecular flexibility index (Phi) is 5.50. The van der Waals surface area contributed by atoms with E-state index in [4.69, 9.17) is 10.5 Å². The summed E-state index contributed by atoms with van der Waals surface area (Å²) in [7, 11) is -3.92. The molecule has 4 nitrogen and oxygen atoms in total. The summed E-state index contributed by atoms with van der Waals surface area (Å²) < 4.78 is 39.4. The Morgan fingerprint density at radius 3 is 2.38 bits per heavy atom. The van der Waals surface area contributed by atoms with Crippen molar-refractivity contribution in [3.63, 3.8) is 0 Å². The third-order valence-electron chi connectivity index (χ3n) is 3.13. The predicted octanol–water partition coefficient (Wildman–Crippen LogP) is 3.94. The van der Waals surface area contributed by atoms with Crippen molar-refractivity contribution >= 4 is 31.8 Å². The van der Waals surface area contributed by atoms with E-state index >= 15 is 0 Å². The summed E-state index contributed by atoms with van der Waals surface area (Å²) in [6.45, 7) is 0. The summed E-state index contributed by atoms with van der Waals surface area (Å²) >= 11 is 3.25. The Hall–Kier alpha value is -2.48. The van der Waals surface area contributed by atoms with Gasteiger partial charge in [-0.05, 0) is 35.9 Å². The third kappa shape index (κ3) is 4.29. The molecule has 120 valence electrons. The standard InChI is InChI=1S/C17H10BrFN2O2S/c18-15-5-2-12(3-6-15)11-24(22,23)16(10-21)8-14-4-1-13(9-20)7-17(14)19/h1-8H,11H2. The van der Waals surface area contributed by atoms with E-state index in [1.165, 1.54) is 12.1 Å². The summed E-state index contributed by atoms with van der Waals surface area (Å²) in [6.07, 6.45) is 0.977. The van der Waals surface area contributed by atoms with Gasteiger partial charge in [0.15, 0.2) is 9.84 Å². The van der Waals surface area contributed by atoms with Gasteiger partial charge in [-0.25, -0.2) is 12.8 Å². The van der Waals surface area contributed by atoms with Crippen LogP contribution in [0.15, 0.2) is 51.8 Å². The fourth-order valence-corrected chi connectivity index (χ4v) is 3.42. The van der Waals surface area contributed by atoms with Crippen molar-refractivity contribution in [3.8, 4) is 12.1 Å². The molecule has 0 saturated carbocycles. The first-order valence-corrected chi connectivity index (χ1v) is 9.09. The highest BCUT2D eigenvalue weighted by atomic mass is 79.9. The highest BCUT2D eigenvalue weighted by Crippen LogP contribution is 2.20. The van der Waals surface area contributed by atoms with Crippen LogP contribution in [0.4, 0.5) is 4.39 Å². The molecule has 0 spiro atoms. The molecule has 2 aromatic carbocycles. The molecule has 24 heavy (non-hydrogen) atoms. The van der Waals surface area contributed by atoms with Crippen LogP contribution < -0.4 is 0 Å². The Bertz CT molecular complexity index is 985. The van der Waals surface area contributed by atoms with Gasteiger partial charge >= 0.3 is 0 Å². The second kappa shape index (κ2) is 7.39. The molecule has 0 aliphatic heterocycles. The van der Waals surface area contributed by atoms with Crippen LogP contribution in [0.2, 0.25) is 0 Å². The molecule has 0 N–H and O–H groups in total. The fourth-order valence-electron chi connectivity index (χ4n) is 1.92. The Morgan fingerprint density at radius 2 is 1.83 bits per heavy atom. The molecule has 0 fully saturated rings. The van der Waals surface area contributed by atoms with E-state index in [9.17, 15) is 12.8 Å². The molecule has 7 heteroatoms. The van der Waals surface area contributed by atoms with Gasteiger partial charge in [0.05, 0.1) is 17.4 Å². The lowest BCUT2D eigenvalue weighted by molar-refractivity contribution is 0.602. The van der Waals surface area contributed by atoms with Crippen LogP contribution >= 0.6 is 15.9 Å². The summed E-state index contributed by atoms with van der Waals surface area (Å²) in [5.41, 5.74) is 0.561. The molecule has 2 rings (SSSR count). The van der Waals surface area contributed by atoms with E-state index in [0.29, 0.717) is 5.56 Å². The lowest BCUT2D eigenvalue weighted by atomic mass is 10.1. The Balaban J connectivity index is 2.38. The quantitative estimate of drug-likeness (QED) is 0.722.